The highest BCUT2D eigenvalue weighted by Gasteiger charge is 2.26. The third kappa shape index (κ3) is 3.81. The number of aromatic nitrogens is 4. The molecule has 0 spiro atoms. The number of aromatic amines is 2. The Morgan fingerprint density at radius 3 is 2.56 bits per heavy atom. The number of hydrogen-bond donors (Lipinski definition) is 2. The Balaban J connectivity index is 1.59. The van der Waals surface area contributed by atoms with Crippen LogP contribution < -0.4 is 4.74 Å². The van der Waals surface area contributed by atoms with Gasteiger partial charge in [-0.15, -0.1) is 0 Å². The van der Waals surface area contributed by atoms with Crippen molar-refractivity contribution in [1.29, 1.82) is 0 Å². The molecule has 7 nitrogen and oxygen atoms in total. The highest BCUT2D eigenvalue weighted by Crippen LogP contribution is 2.36. The van der Waals surface area contributed by atoms with Crippen molar-refractivity contribution >= 4 is 20.7 Å². The van der Waals surface area contributed by atoms with E-state index < -0.39 is 38.6 Å². The number of ether oxygens (including phenoxy) is 1. The molecule has 5 aromatic rings. The summed E-state index contributed by atoms with van der Waals surface area (Å²) in [7, 11) is -2.63. The van der Waals surface area contributed by atoms with Gasteiger partial charge in [0.25, 0.3) is 0 Å². The Labute approximate surface area is 203 Å². The van der Waals surface area contributed by atoms with Crippen LogP contribution in [0.4, 0.5) is 13.2 Å². The molecule has 11 heteroatoms. The molecule has 184 valence electrons. The van der Waals surface area contributed by atoms with E-state index in [9.17, 15) is 12.8 Å². The van der Waals surface area contributed by atoms with Crippen molar-refractivity contribution in [3.63, 3.8) is 0 Å². The zero-order valence-corrected chi connectivity index (χ0v) is 19.9. The lowest BCUT2D eigenvalue weighted by Gasteiger charge is -2.14. The van der Waals surface area contributed by atoms with E-state index in [-0.39, 0.29) is 21.5 Å². The van der Waals surface area contributed by atoms with Crippen molar-refractivity contribution in [3.05, 3.63) is 83.4 Å². The zero-order valence-electron chi connectivity index (χ0n) is 19.1. The van der Waals surface area contributed by atoms with Crippen LogP contribution in [0.5, 0.6) is 5.75 Å². The van der Waals surface area contributed by atoms with Crippen molar-refractivity contribution < 1.29 is 26.3 Å². The first-order valence-corrected chi connectivity index (χ1v) is 12.4. The fourth-order valence-electron chi connectivity index (χ4n) is 4.21. The largest absolute Gasteiger partial charge is 0.496 e. The van der Waals surface area contributed by atoms with Gasteiger partial charge in [-0.3, -0.25) is 5.10 Å². The number of hydrogen-bond acceptors (Lipinski definition) is 5. The van der Waals surface area contributed by atoms with Crippen molar-refractivity contribution in [2.24, 2.45) is 0 Å². The Kier molecular flexibility index (Phi) is 5.79. The van der Waals surface area contributed by atoms with Crippen LogP contribution in [0.25, 0.3) is 33.5 Å². The predicted octanol–water partition coefficient (Wildman–Crippen LogP) is 5.33. The first kappa shape index (κ1) is 23.6. The minimum Gasteiger partial charge on any atom is -0.496 e. The molecule has 0 saturated heterocycles. The van der Waals surface area contributed by atoms with Gasteiger partial charge in [-0.25, -0.2) is 26.6 Å². The van der Waals surface area contributed by atoms with E-state index in [2.05, 4.69) is 20.2 Å². The molecule has 0 amide bonds. The highest BCUT2D eigenvalue weighted by atomic mass is 32.2. The molecule has 0 aliphatic heterocycles. The van der Waals surface area contributed by atoms with Gasteiger partial charge in [0.05, 0.1) is 23.3 Å². The predicted molar refractivity (Wildman–Crippen MR) is 128 cm³/mol. The zero-order chi connectivity index (χ0) is 25.6. The number of H-pyrrole nitrogens is 2. The molecule has 0 bridgehead atoms. The topological polar surface area (TPSA) is 101 Å². The summed E-state index contributed by atoms with van der Waals surface area (Å²) < 4.78 is 77.3. The van der Waals surface area contributed by atoms with E-state index in [1.807, 2.05) is 0 Å². The van der Waals surface area contributed by atoms with Crippen LogP contribution in [0.15, 0.2) is 59.8 Å². The Hall–Kier alpha value is -4.12. The molecule has 2 N–H and O–H groups in total. The fraction of sp³-hybridized carbons (Fsp3) is 0.120. The molecule has 0 radical (unpaired) electrons. The summed E-state index contributed by atoms with van der Waals surface area (Å²) in [6.07, 6.45) is 3.11. The second-order valence-corrected chi connectivity index (χ2v) is 10.1. The molecule has 0 fully saturated rings. The van der Waals surface area contributed by atoms with E-state index in [0.29, 0.717) is 28.2 Å². The first-order valence-electron chi connectivity index (χ1n) is 10.7. The Morgan fingerprint density at radius 1 is 1.03 bits per heavy atom. The van der Waals surface area contributed by atoms with E-state index in [0.717, 1.165) is 12.1 Å². The summed E-state index contributed by atoms with van der Waals surface area (Å²) in [5.74, 6) is -3.13. The summed E-state index contributed by atoms with van der Waals surface area (Å²) in [4.78, 5) is 6.94. The molecule has 3 aromatic carbocycles. The van der Waals surface area contributed by atoms with Crippen LogP contribution in [0, 0.1) is 24.4 Å². The highest BCUT2D eigenvalue weighted by molar-refractivity contribution is 7.90. The number of nitrogens with zero attached hydrogens (tertiary/aromatic N) is 2. The maximum absolute atomic E-state index is 15.6. The molecule has 0 aliphatic carbocycles. The Morgan fingerprint density at radius 2 is 1.83 bits per heavy atom. The van der Waals surface area contributed by atoms with Gasteiger partial charge in [0.1, 0.15) is 28.6 Å². The summed E-state index contributed by atoms with van der Waals surface area (Å²) in [6, 6.07) is 9.16. The monoisotopic (exact) mass is 512 g/mol. The quantitative estimate of drug-likeness (QED) is 0.320. The molecule has 0 unspecified atom stereocenters. The van der Waals surface area contributed by atoms with E-state index in [4.69, 9.17) is 4.74 Å². The second kappa shape index (κ2) is 8.83. The molecular formula is C25H19F3N4O3S. The number of methoxy groups -OCH3 is 1. The fourth-order valence-corrected chi connectivity index (χ4v) is 5.85. The summed E-state index contributed by atoms with van der Waals surface area (Å²) in [6.45, 7) is 1.57. The summed E-state index contributed by atoms with van der Waals surface area (Å²) >= 11 is 0. The van der Waals surface area contributed by atoms with Gasteiger partial charge < -0.3 is 9.72 Å². The molecule has 0 aliphatic rings. The average molecular weight is 513 g/mol. The van der Waals surface area contributed by atoms with Crippen molar-refractivity contribution in [2.45, 2.75) is 17.6 Å². The minimum atomic E-state index is -4.04. The maximum atomic E-state index is 15.6. The lowest BCUT2D eigenvalue weighted by molar-refractivity contribution is 0.410. The van der Waals surface area contributed by atoms with Crippen LogP contribution in [0.3, 0.4) is 0 Å². The van der Waals surface area contributed by atoms with Crippen LogP contribution in [-0.4, -0.2) is 35.7 Å². The second-order valence-electron chi connectivity index (χ2n) is 8.10. The number of imidazole rings is 1. The molecule has 0 saturated carbocycles. The third-order valence-electron chi connectivity index (χ3n) is 5.98. The van der Waals surface area contributed by atoms with E-state index in [1.165, 1.54) is 37.6 Å². The van der Waals surface area contributed by atoms with Crippen LogP contribution in [-0.2, 0) is 15.6 Å². The smallest absolute Gasteiger partial charge is 0.183 e. The van der Waals surface area contributed by atoms with Crippen molar-refractivity contribution in [3.8, 4) is 28.4 Å². The first-order chi connectivity index (χ1) is 17.2. The molecule has 2 heterocycles. The van der Waals surface area contributed by atoms with Crippen LogP contribution in [0.2, 0.25) is 0 Å². The number of rotatable bonds is 6. The van der Waals surface area contributed by atoms with Gasteiger partial charge in [-0.2, -0.15) is 5.10 Å². The average Bonchev–Trinajstić information content (AvgIpc) is 3.52. The Bertz CT molecular complexity index is 1710. The summed E-state index contributed by atoms with van der Waals surface area (Å²) in [5, 5.41) is 6.99. The van der Waals surface area contributed by atoms with Gasteiger partial charge in [0, 0.05) is 34.5 Å². The standard InChI is InChI=1S/C25H19F3N4O3S/c1-13-18(35-2)4-3-5-19(13)36(33,34)12-14-6-9-17(26)20(21(14)27)15-7-8-16-23(22(15)28)31-32-24(16)25-29-10-11-30-25/h3-11H,12H2,1-2H3,(H,29,30)(H,31,32). The van der Waals surface area contributed by atoms with E-state index >= 15 is 8.78 Å². The number of nitrogens with one attached hydrogen (secondary N) is 2. The van der Waals surface area contributed by atoms with Gasteiger partial charge >= 0.3 is 0 Å². The number of fused-ring (bicyclic) bond motifs is 1. The van der Waals surface area contributed by atoms with Gasteiger partial charge in [0.15, 0.2) is 21.5 Å². The maximum Gasteiger partial charge on any atom is 0.183 e. The molecule has 0 atom stereocenters. The summed E-state index contributed by atoms with van der Waals surface area (Å²) in [5.41, 5.74) is -0.715. The molecular weight excluding hydrogens is 493 g/mol. The number of halogens is 3. The van der Waals surface area contributed by atoms with Crippen molar-refractivity contribution in [2.75, 3.05) is 7.11 Å². The minimum absolute atomic E-state index is 0.0401. The SMILES string of the molecule is COc1cccc(S(=O)(=O)Cc2ccc(F)c(-c3ccc4c(-c5ncc[nH]5)[nH]nc4c3F)c2F)c1C. The van der Waals surface area contributed by atoms with Crippen LogP contribution >= 0.6 is 0 Å². The molecule has 36 heavy (non-hydrogen) atoms. The van der Waals surface area contributed by atoms with Gasteiger partial charge in [-0.1, -0.05) is 18.2 Å². The lowest BCUT2D eigenvalue weighted by Crippen LogP contribution is -2.10. The molecule has 2 aromatic heterocycles. The molecule has 5 rings (SSSR count). The van der Waals surface area contributed by atoms with Gasteiger partial charge in [0.2, 0.25) is 0 Å². The number of benzene rings is 3. The van der Waals surface area contributed by atoms with E-state index in [1.54, 1.807) is 19.2 Å². The lowest BCUT2D eigenvalue weighted by atomic mass is 9.99. The van der Waals surface area contributed by atoms with Gasteiger partial charge in [-0.05, 0) is 31.2 Å². The third-order valence-corrected chi connectivity index (χ3v) is 7.78. The van der Waals surface area contributed by atoms with Crippen molar-refractivity contribution in [1.82, 2.24) is 20.2 Å². The normalized spacial score (nSPS) is 11.8. The van der Waals surface area contributed by atoms with Crippen LogP contribution in [0.1, 0.15) is 11.1 Å². The number of sulfone groups is 1.